The first-order chi connectivity index (χ1) is 43.4. The first-order valence-electron chi connectivity index (χ1n) is 37.0. The van der Waals surface area contributed by atoms with Crippen molar-refractivity contribution in [3.8, 4) is 0 Å². The summed E-state index contributed by atoms with van der Waals surface area (Å²) >= 11 is 0. The molecule has 0 aliphatic rings. The smallest absolute Gasteiger partial charge is 0.462 e. The number of hydrogen-bond acceptors (Lipinski definition) is 15. The number of esters is 4. The van der Waals surface area contributed by atoms with E-state index < -0.39 is 97.5 Å². The molecule has 0 fully saturated rings. The molecule has 90 heavy (non-hydrogen) atoms. The lowest BCUT2D eigenvalue weighted by molar-refractivity contribution is -0.161. The van der Waals surface area contributed by atoms with Gasteiger partial charge in [0.05, 0.1) is 26.4 Å². The van der Waals surface area contributed by atoms with Crippen LogP contribution < -0.4 is 0 Å². The standard InChI is InChI=1S/C71H138O17P2/c1-7-9-11-13-15-17-19-21-22-23-24-26-28-37-43-49-55-70(75)87-66(59-81-68(73)53-47-41-35-27-25-20-18-16-14-12-10-8-2)61-85-89(77,78)83-57-65(72)58-84-90(79,80)86-62-67(88-71(76)56-50-44-38-32-30-34-40-46-52-64(5)6)60-82-69(74)54-48-42-36-31-29-33-39-45-51-63(3)4/h63-67,72H,7-62H2,1-6H3,(H,77,78)(H,79,80)/t65-,66-,67-/m1/s1. The maximum Gasteiger partial charge on any atom is 0.472 e. The molecule has 5 atom stereocenters. The van der Waals surface area contributed by atoms with E-state index in [0.717, 1.165) is 102 Å². The van der Waals surface area contributed by atoms with Gasteiger partial charge in [-0.2, -0.15) is 0 Å². The second-order valence-corrected chi connectivity index (χ2v) is 29.5. The minimum atomic E-state index is -4.95. The van der Waals surface area contributed by atoms with Gasteiger partial charge >= 0.3 is 39.5 Å². The molecule has 0 amide bonds. The molecule has 17 nitrogen and oxygen atoms in total. The highest BCUT2D eigenvalue weighted by Gasteiger charge is 2.30. The van der Waals surface area contributed by atoms with E-state index in [9.17, 15) is 43.2 Å². The zero-order valence-corrected chi connectivity index (χ0v) is 60.2. The third-order valence-corrected chi connectivity index (χ3v) is 18.4. The summed E-state index contributed by atoms with van der Waals surface area (Å²) in [4.78, 5) is 72.6. The molecule has 0 aliphatic carbocycles. The summed E-state index contributed by atoms with van der Waals surface area (Å²) in [6, 6.07) is 0. The van der Waals surface area contributed by atoms with Gasteiger partial charge in [-0.15, -0.1) is 0 Å². The van der Waals surface area contributed by atoms with E-state index in [4.69, 9.17) is 37.0 Å². The van der Waals surface area contributed by atoms with E-state index in [1.165, 1.54) is 180 Å². The molecule has 19 heteroatoms. The summed E-state index contributed by atoms with van der Waals surface area (Å²) < 4.78 is 68.3. The molecule has 0 bridgehead atoms. The zero-order valence-electron chi connectivity index (χ0n) is 58.4. The van der Waals surface area contributed by atoms with E-state index >= 15 is 0 Å². The number of phosphoric ester groups is 2. The van der Waals surface area contributed by atoms with Crippen LogP contribution in [0.3, 0.4) is 0 Å². The summed E-state index contributed by atoms with van der Waals surface area (Å²) in [5.74, 6) is -0.679. The summed E-state index contributed by atoms with van der Waals surface area (Å²) in [6.45, 7) is 9.48. The Labute approximate surface area is 549 Å². The highest BCUT2D eigenvalue weighted by Crippen LogP contribution is 2.45. The van der Waals surface area contributed by atoms with Crippen molar-refractivity contribution in [1.29, 1.82) is 0 Å². The van der Waals surface area contributed by atoms with Gasteiger partial charge in [-0.25, -0.2) is 9.13 Å². The lowest BCUT2D eigenvalue weighted by atomic mass is 10.0. The van der Waals surface area contributed by atoms with E-state index in [-0.39, 0.29) is 25.7 Å². The third-order valence-electron chi connectivity index (χ3n) is 16.5. The van der Waals surface area contributed by atoms with Gasteiger partial charge in [0, 0.05) is 25.7 Å². The summed E-state index contributed by atoms with van der Waals surface area (Å²) in [5, 5.41) is 10.6. The fourth-order valence-electron chi connectivity index (χ4n) is 10.8. The van der Waals surface area contributed by atoms with Crippen LogP contribution in [0.1, 0.15) is 363 Å². The van der Waals surface area contributed by atoms with Crippen LogP contribution in [0.15, 0.2) is 0 Å². The Balaban J connectivity index is 5.24. The number of aliphatic hydroxyl groups excluding tert-OH is 1. The Kier molecular flexibility index (Phi) is 61.8. The monoisotopic (exact) mass is 1320 g/mol. The Morgan fingerprint density at radius 2 is 0.511 bits per heavy atom. The molecule has 2 unspecified atom stereocenters. The Morgan fingerprint density at radius 1 is 0.300 bits per heavy atom. The summed E-state index contributed by atoms with van der Waals surface area (Å²) in [7, 11) is -9.90. The van der Waals surface area contributed by atoms with Crippen LogP contribution in [0.2, 0.25) is 0 Å². The van der Waals surface area contributed by atoms with Gasteiger partial charge in [-0.3, -0.25) is 37.3 Å². The van der Waals surface area contributed by atoms with Gasteiger partial charge in [0.15, 0.2) is 12.2 Å². The zero-order chi connectivity index (χ0) is 66.5. The fourth-order valence-corrected chi connectivity index (χ4v) is 12.3. The lowest BCUT2D eigenvalue weighted by Gasteiger charge is -2.21. The van der Waals surface area contributed by atoms with Crippen LogP contribution in [0, 0.1) is 11.8 Å². The molecule has 0 aliphatic heterocycles. The van der Waals surface area contributed by atoms with E-state index in [2.05, 4.69) is 41.5 Å². The number of rotatable bonds is 70. The minimum absolute atomic E-state index is 0.104. The number of carbonyl (C=O) groups is 4. The first kappa shape index (κ1) is 88.1. The number of hydrogen-bond donors (Lipinski definition) is 3. The first-order valence-corrected chi connectivity index (χ1v) is 40.0. The topological polar surface area (TPSA) is 237 Å². The molecule has 0 aromatic heterocycles. The van der Waals surface area contributed by atoms with Crippen molar-refractivity contribution in [2.75, 3.05) is 39.6 Å². The summed E-state index contributed by atoms with van der Waals surface area (Å²) in [5.41, 5.74) is 0. The fraction of sp³-hybridized carbons (Fsp3) is 0.944. The largest absolute Gasteiger partial charge is 0.472 e. The SMILES string of the molecule is CCCCCCCCCCCCCCCCCCC(=O)O[C@H](COC(=O)CCCCCCCCCCCCCC)COP(=O)(O)OC[C@@H](O)COP(=O)(O)OC[C@@H](COC(=O)CCCCCCCCCCC(C)C)OC(=O)CCCCCCCCCCC(C)C. The Bertz CT molecular complexity index is 1750. The molecule has 0 spiro atoms. The van der Waals surface area contributed by atoms with Crippen molar-refractivity contribution in [3.63, 3.8) is 0 Å². The van der Waals surface area contributed by atoms with Gasteiger partial charge in [0.2, 0.25) is 0 Å². The molecule has 534 valence electrons. The second kappa shape index (κ2) is 63.1. The number of carbonyl (C=O) groups excluding carboxylic acids is 4. The predicted octanol–water partition coefficient (Wildman–Crippen LogP) is 20.4. The second-order valence-electron chi connectivity index (χ2n) is 26.6. The number of phosphoric acid groups is 2. The van der Waals surface area contributed by atoms with Crippen LogP contribution in [0.5, 0.6) is 0 Å². The van der Waals surface area contributed by atoms with Gasteiger partial charge in [-0.1, -0.05) is 311 Å². The maximum absolute atomic E-state index is 13.0. The van der Waals surface area contributed by atoms with Gasteiger partial charge in [0.25, 0.3) is 0 Å². The number of aliphatic hydroxyl groups is 1. The quantitative estimate of drug-likeness (QED) is 0.0222. The summed E-state index contributed by atoms with van der Waals surface area (Å²) in [6.07, 6.45) is 48.6. The average molecular weight is 1330 g/mol. The molecule has 0 saturated heterocycles. The van der Waals surface area contributed by atoms with Crippen molar-refractivity contribution >= 4 is 39.5 Å². The van der Waals surface area contributed by atoms with Gasteiger partial charge in [0.1, 0.15) is 19.3 Å². The van der Waals surface area contributed by atoms with Gasteiger partial charge < -0.3 is 33.8 Å². The molecular weight excluding hydrogens is 1190 g/mol. The molecule has 0 rings (SSSR count). The third kappa shape index (κ3) is 64.8. The molecule has 0 aromatic rings. The Hall–Kier alpha value is -1.94. The molecule has 0 saturated carbocycles. The van der Waals surface area contributed by atoms with Crippen LogP contribution in [-0.2, 0) is 65.4 Å². The van der Waals surface area contributed by atoms with Crippen LogP contribution in [-0.4, -0.2) is 96.7 Å². The van der Waals surface area contributed by atoms with E-state index in [0.29, 0.717) is 25.7 Å². The molecule has 0 heterocycles. The van der Waals surface area contributed by atoms with Crippen LogP contribution >= 0.6 is 15.6 Å². The molecule has 0 radical (unpaired) electrons. The average Bonchev–Trinajstić information content (AvgIpc) is 3.63. The highest BCUT2D eigenvalue weighted by molar-refractivity contribution is 7.47. The van der Waals surface area contributed by atoms with Crippen molar-refractivity contribution in [3.05, 3.63) is 0 Å². The number of unbranched alkanes of at least 4 members (excludes halogenated alkanes) is 40. The van der Waals surface area contributed by atoms with E-state index in [1.807, 2.05) is 0 Å². The van der Waals surface area contributed by atoms with Crippen molar-refractivity contribution < 1.29 is 80.2 Å². The van der Waals surface area contributed by atoms with Crippen molar-refractivity contribution in [1.82, 2.24) is 0 Å². The maximum atomic E-state index is 13.0. The normalized spacial score (nSPS) is 14.1. The molecule has 0 aromatic carbocycles. The van der Waals surface area contributed by atoms with Crippen LogP contribution in [0.25, 0.3) is 0 Å². The van der Waals surface area contributed by atoms with E-state index in [1.54, 1.807) is 0 Å². The van der Waals surface area contributed by atoms with Crippen LogP contribution in [0.4, 0.5) is 0 Å². The molecular formula is C71H138O17P2. The molecule has 3 N–H and O–H groups in total. The van der Waals surface area contributed by atoms with Gasteiger partial charge in [-0.05, 0) is 37.5 Å². The number of ether oxygens (including phenoxy) is 4. The van der Waals surface area contributed by atoms with Crippen molar-refractivity contribution in [2.45, 2.75) is 381 Å². The minimum Gasteiger partial charge on any atom is -0.462 e. The Morgan fingerprint density at radius 3 is 0.756 bits per heavy atom. The lowest BCUT2D eigenvalue weighted by Crippen LogP contribution is -2.30. The van der Waals surface area contributed by atoms with Crippen molar-refractivity contribution in [2.24, 2.45) is 11.8 Å². The predicted molar refractivity (Wildman–Crippen MR) is 363 cm³/mol. The highest BCUT2D eigenvalue weighted by atomic mass is 31.2.